The predicted octanol–water partition coefficient (Wildman–Crippen LogP) is 7.16. The Balaban J connectivity index is 2.09. The van der Waals surface area contributed by atoms with Crippen LogP contribution in [0, 0.1) is 11.3 Å². The molecule has 0 aliphatic carbocycles. The Labute approximate surface area is 229 Å². The number of nitrogens with zero attached hydrogens (tertiary/aromatic N) is 1. The molecule has 0 radical (unpaired) electrons. The van der Waals surface area contributed by atoms with E-state index >= 15 is 0 Å². The van der Waals surface area contributed by atoms with Crippen LogP contribution in [0.1, 0.15) is 11.1 Å². The third-order valence-corrected chi connectivity index (χ3v) is 16.3. The number of nitrogens with one attached hydrogen (secondary N) is 1. The summed E-state index contributed by atoms with van der Waals surface area (Å²) in [5.74, 6) is -2.09. The molecule has 0 heterocycles. The average Bonchev–Trinajstić information content (AvgIpc) is 2.91. The molecule has 0 aliphatic heterocycles. The molecule has 4 aromatic rings. The summed E-state index contributed by atoms with van der Waals surface area (Å²) >= 11 is 7.56. The fraction of sp³-hybridized carbons (Fsp3) is 0.0714. The molecule has 4 rings (SSSR count). The first-order valence-corrected chi connectivity index (χ1v) is 16.3. The van der Waals surface area contributed by atoms with Gasteiger partial charge in [0.25, 0.3) is 0 Å². The van der Waals surface area contributed by atoms with Crippen LogP contribution in [0.4, 0.5) is 18.9 Å². The van der Waals surface area contributed by atoms with Gasteiger partial charge in [0.05, 0.1) is 0 Å². The summed E-state index contributed by atoms with van der Waals surface area (Å²) in [5, 5.41) is 10.9. The molecule has 188 valence electrons. The molecule has 0 bridgehead atoms. The van der Waals surface area contributed by atoms with Crippen molar-refractivity contribution in [3.8, 4) is 6.07 Å². The van der Waals surface area contributed by atoms with Gasteiger partial charge in [-0.2, -0.15) is 0 Å². The molecule has 0 aromatic heterocycles. The number of rotatable bonds is 6. The van der Waals surface area contributed by atoms with Gasteiger partial charge >= 0.3 is 230 Å². The molecule has 4 aromatic carbocycles. The summed E-state index contributed by atoms with van der Waals surface area (Å²) in [6, 6.07) is 34.1. The molecule has 0 atom stereocenters. The van der Waals surface area contributed by atoms with Gasteiger partial charge < -0.3 is 0 Å². The molecule has 0 spiro atoms. The number of anilines is 1. The Hall–Kier alpha value is -2.98. The van der Waals surface area contributed by atoms with Crippen LogP contribution in [0.5, 0.6) is 0 Å². The average molecular weight is 648 g/mol. The third-order valence-electron chi connectivity index (χ3n) is 6.15. The molecule has 0 aliphatic rings. The number of carbonyl (C=O) groups is 1. The van der Waals surface area contributed by atoms with Gasteiger partial charge in [0, 0.05) is 0 Å². The minimum atomic E-state index is -5.08. The van der Waals surface area contributed by atoms with Crippen LogP contribution in [0.2, 0.25) is 0 Å². The van der Waals surface area contributed by atoms with E-state index < -0.39 is 17.4 Å². The molecular formula is C28H20Br2F3N2OP. The number of halogens is 5. The van der Waals surface area contributed by atoms with Gasteiger partial charge in [-0.15, -0.1) is 0 Å². The van der Waals surface area contributed by atoms with Crippen molar-refractivity contribution in [3.63, 3.8) is 0 Å². The molecule has 0 saturated carbocycles. The molecule has 1 amide bonds. The van der Waals surface area contributed by atoms with Gasteiger partial charge in [0.15, 0.2) is 0 Å². The Kier molecular flexibility index (Phi) is 7.62. The first kappa shape index (κ1) is 27.1. The first-order chi connectivity index (χ1) is 17.6. The summed E-state index contributed by atoms with van der Waals surface area (Å²) in [7, 11) is 0. The van der Waals surface area contributed by atoms with Crippen LogP contribution in [-0.2, 0) is 11.0 Å². The number of hydrogen-bond donors (Lipinski definition) is 1. The van der Waals surface area contributed by atoms with Crippen molar-refractivity contribution in [2.24, 2.45) is 0 Å². The maximum absolute atomic E-state index is 13.3. The Morgan fingerprint density at radius 2 is 1.27 bits per heavy atom. The van der Waals surface area contributed by atoms with Crippen LogP contribution in [0.15, 0.2) is 108 Å². The normalized spacial score (nSPS) is 12.7. The summed E-state index contributed by atoms with van der Waals surface area (Å²) in [6.45, 7) is 0. The molecule has 1 N–H and O–H groups in total. The topological polar surface area (TPSA) is 52.9 Å². The zero-order valence-corrected chi connectivity index (χ0v) is 23.3. The van der Waals surface area contributed by atoms with E-state index in [1.165, 1.54) is 12.1 Å². The van der Waals surface area contributed by atoms with Crippen molar-refractivity contribution in [3.05, 3.63) is 119 Å². The second-order valence-corrected chi connectivity index (χ2v) is 18.2. The summed E-state index contributed by atoms with van der Waals surface area (Å²) in [6.07, 6.45) is -4.89. The van der Waals surface area contributed by atoms with Crippen molar-refractivity contribution in [1.82, 2.24) is 0 Å². The van der Waals surface area contributed by atoms with Gasteiger partial charge in [-0.3, -0.25) is 0 Å². The molecule has 0 unspecified atom stereocenters. The molecule has 9 heteroatoms. The van der Waals surface area contributed by atoms with E-state index in [2.05, 4.69) is 37.5 Å². The van der Waals surface area contributed by atoms with E-state index in [1.807, 2.05) is 96.3 Å². The Bertz CT molecular complexity index is 1380. The second kappa shape index (κ2) is 10.4. The molecule has 0 fully saturated rings. The van der Waals surface area contributed by atoms with E-state index in [0.717, 1.165) is 15.9 Å². The summed E-state index contributed by atoms with van der Waals surface area (Å²) in [4.78, 5) is 12.0. The van der Waals surface area contributed by atoms with E-state index in [1.54, 1.807) is 0 Å². The van der Waals surface area contributed by atoms with Gasteiger partial charge in [-0.05, 0) is 0 Å². The van der Waals surface area contributed by atoms with Gasteiger partial charge in [0.1, 0.15) is 0 Å². The number of alkyl halides is 3. The molecular weight excluding hydrogens is 628 g/mol. The summed E-state index contributed by atoms with van der Waals surface area (Å²) in [5.41, 5.74) is 0.603. The van der Waals surface area contributed by atoms with Crippen molar-refractivity contribution in [2.45, 2.75) is 12.3 Å². The number of nitriles is 1. The zero-order valence-electron chi connectivity index (χ0n) is 19.2. The van der Waals surface area contributed by atoms with Crippen LogP contribution in [0.3, 0.4) is 0 Å². The number of carbonyl (C=O) groups excluding carboxylic acids is 1. The SMILES string of the molecule is N#Cc1cc(Br)c(NC(=O)C(F)(F)F)c(CP(Br)(c2ccccc2)(c2ccccc2)c2ccccc2)c1. The fourth-order valence-corrected chi connectivity index (χ4v) is 12.7. The van der Waals surface area contributed by atoms with E-state index in [-0.39, 0.29) is 21.9 Å². The number of hydrogen-bond acceptors (Lipinski definition) is 2. The molecule has 37 heavy (non-hydrogen) atoms. The summed E-state index contributed by atoms with van der Waals surface area (Å²) < 4.78 is 40.0. The molecule has 0 saturated heterocycles. The van der Waals surface area contributed by atoms with Crippen molar-refractivity contribution < 1.29 is 18.0 Å². The Morgan fingerprint density at radius 1 is 0.838 bits per heavy atom. The standard InChI is InChI=1S/C28H20Br2F3N2OP/c29-25-17-20(18-34)16-21(26(25)35-27(36)28(31,32)33)19-37(30,22-10-4-1-5-11-22,23-12-6-2-7-13-23)24-14-8-3-9-15-24/h1-17H,19H2,(H,35,36). The maximum atomic E-state index is 13.3. The molecule has 3 nitrogen and oxygen atoms in total. The predicted molar refractivity (Wildman–Crippen MR) is 151 cm³/mol. The van der Waals surface area contributed by atoms with Crippen LogP contribution in [0.25, 0.3) is 0 Å². The van der Waals surface area contributed by atoms with E-state index in [0.29, 0.717) is 5.56 Å². The zero-order chi connectivity index (χ0) is 26.7. The van der Waals surface area contributed by atoms with E-state index in [4.69, 9.17) is 0 Å². The fourth-order valence-electron chi connectivity index (χ4n) is 4.43. The van der Waals surface area contributed by atoms with E-state index in [9.17, 15) is 23.2 Å². The quantitative estimate of drug-likeness (QED) is 0.226. The minimum absolute atomic E-state index is 0.0300. The van der Waals surface area contributed by atoms with Crippen LogP contribution >= 0.6 is 36.7 Å². The van der Waals surface area contributed by atoms with Gasteiger partial charge in [-0.1, -0.05) is 0 Å². The van der Waals surface area contributed by atoms with Gasteiger partial charge in [0.2, 0.25) is 0 Å². The number of amides is 1. The van der Waals surface area contributed by atoms with Crippen LogP contribution in [-0.4, -0.2) is 12.1 Å². The van der Waals surface area contributed by atoms with Crippen molar-refractivity contribution in [1.29, 1.82) is 5.26 Å². The second-order valence-electron chi connectivity index (χ2n) is 8.40. The first-order valence-electron chi connectivity index (χ1n) is 11.1. The Morgan fingerprint density at radius 3 is 1.65 bits per heavy atom. The van der Waals surface area contributed by atoms with Gasteiger partial charge in [-0.25, -0.2) is 0 Å². The monoisotopic (exact) mass is 646 g/mol. The number of benzene rings is 4. The van der Waals surface area contributed by atoms with Crippen LogP contribution < -0.4 is 21.2 Å². The van der Waals surface area contributed by atoms with Crippen molar-refractivity contribution in [2.75, 3.05) is 5.32 Å². The third kappa shape index (κ3) is 5.09. The van der Waals surface area contributed by atoms with Crippen molar-refractivity contribution >= 4 is 64.2 Å².